The van der Waals surface area contributed by atoms with Crippen LogP contribution >= 0.6 is 0 Å². The maximum Gasteiger partial charge on any atom is 0.337 e. The minimum absolute atomic E-state index is 0.402. The van der Waals surface area contributed by atoms with Gasteiger partial charge in [0.05, 0.1) is 26.4 Å². The number of hydrogen-bond acceptors (Lipinski definition) is 4. The van der Waals surface area contributed by atoms with Crippen LogP contribution in [0.1, 0.15) is 16.8 Å². The van der Waals surface area contributed by atoms with Gasteiger partial charge in [0.25, 0.3) is 0 Å². The molecule has 0 amide bonds. The van der Waals surface area contributed by atoms with E-state index in [0.29, 0.717) is 23.7 Å². The van der Waals surface area contributed by atoms with E-state index in [9.17, 15) is 4.79 Å². The third-order valence-corrected chi connectivity index (χ3v) is 2.16. The summed E-state index contributed by atoms with van der Waals surface area (Å²) in [6.45, 7) is 4.14. The molecule has 1 rings (SSSR count). The van der Waals surface area contributed by atoms with Crippen LogP contribution in [0.15, 0.2) is 30.9 Å². The summed E-state index contributed by atoms with van der Waals surface area (Å²) in [5, 5.41) is 0. The number of carbonyl (C=O) groups excluding carboxylic acids is 1. The van der Waals surface area contributed by atoms with Gasteiger partial charge in [0, 0.05) is 0 Å². The summed E-state index contributed by atoms with van der Waals surface area (Å²) >= 11 is 0. The normalized spacial score (nSPS) is 9.53. The molecule has 0 aliphatic heterocycles. The van der Waals surface area contributed by atoms with E-state index in [-0.39, 0.29) is 0 Å². The lowest BCUT2D eigenvalue weighted by molar-refractivity contribution is 0.0600. The van der Waals surface area contributed by atoms with Crippen LogP contribution in [0.5, 0.6) is 11.5 Å². The molecule has 0 saturated heterocycles. The minimum atomic E-state index is -0.402. The molecule has 92 valence electrons. The Kier molecular flexibility index (Phi) is 5.07. The van der Waals surface area contributed by atoms with Gasteiger partial charge in [-0.05, 0) is 24.6 Å². The molecule has 0 N–H and O–H groups in total. The maximum atomic E-state index is 11.3. The molecule has 0 aliphatic carbocycles. The largest absolute Gasteiger partial charge is 0.493 e. The summed E-state index contributed by atoms with van der Waals surface area (Å²) in [6, 6.07) is 4.92. The van der Waals surface area contributed by atoms with Gasteiger partial charge in [0.2, 0.25) is 0 Å². The zero-order valence-corrected chi connectivity index (χ0v) is 10.1. The van der Waals surface area contributed by atoms with Gasteiger partial charge in [-0.15, -0.1) is 6.58 Å². The highest BCUT2D eigenvalue weighted by molar-refractivity contribution is 5.90. The van der Waals surface area contributed by atoms with Crippen molar-refractivity contribution in [3.63, 3.8) is 0 Å². The van der Waals surface area contributed by atoms with Crippen LogP contribution in [0, 0.1) is 0 Å². The molecule has 4 nitrogen and oxygen atoms in total. The standard InChI is InChI=1S/C13H16O4/c1-4-5-8-17-11-7-6-10(13(14)16-3)9-12(11)15-2/h4,6-7,9H,1,5,8H2,2-3H3. The van der Waals surface area contributed by atoms with Crippen molar-refractivity contribution in [3.8, 4) is 11.5 Å². The second kappa shape index (κ2) is 6.58. The Bertz CT molecular complexity index is 398. The fourth-order valence-corrected chi connectivity index (χ4v) is 1.28. The lowest BCUT2D eigenvalue weighted by Crippen LogP contribution is -2.03. The smallest absolute Gasteiger partial charge is 0.337 e. The molecule has 0 heterocycles. The zero-order chi connectivity index (χ0) is 12.7. The Morgan fingerprint density at radius 1 is 1.35 bits per heavy atom. The first kappa shape index (κ1) is 13.1. The average molecular weight is 236 g/mol. The molecule has 0 saturated carbocycles. The highest BCUT2D eigenvalue weighted by Crippen LogP contribution is 2.28. The first-order chi connectivity index (χ1) is 8.22. The van der Waals surface area contributed by atoms with E-state index >= 15 is 0 Å². The predicted octanol–water partition coefficient (Wildman–Crippen LogP) is 2.44. The van der Waals surface area contributed by atoms with Crippen molar-refractivity contribution in [3.05, 3.63) is 36.4 Å². The van der Waals surface area contributed by atoms with Crippen LogP contribution in [-0.2, 0) is 4.74 Å². The summed E-state index contributed by atoms with van der Waals surface area (Å²) < 4.78 is 15.3. The van der Waals surface area contributed by atoms with E-state index in [4.69, 9.17) is 9.47 Å². The van der Waals surface area contributed by atoms with E-state index in [1.54, 1.807) is 24.3 Å². The predicted molar refractivity (Wildman–Crippen MR) is 64.6 cm³/mol. The number of esters is 1. The Labute approximate surface area is 101 Å². The highest BCUT2D eigenvalue weighted by Gasteiger charge is 2.10. The molecule has 0 spiro atoms. The van der Waals surface area contributed by atoms with E-state index in [1.165, 1.54) is 14.2 Å². The number of benzene rings is 1. The average Bonchev–Trinajstić information content (AvgIpc) is 2.38. The van der Waals surface area contributed by atoms with E-state index in [2.05, 4.69) is 11.3 Å². The number of methoxy groups -OCH3 is 2. The van der Waals surface area contributed by atoms with Crippen LogP contribution in [0.2, 0.25) is 0 Å². The molecule has 4 heteroatoms. The quantitative estimate of drug-likeness (QED) is 0.432. The Balaban J connectivity index is 2.85. The van der Waals surface area contributed by atoms with Crippen molar-refractivity contribution in [2.75, 3.05) is 20.8 Å². The summed E-state index contributed by atoms with van der Waals surface area (Å²) in [5.41, 5.74) is 0.431. The SMILES string of the molecule is C=CCCOc1ccc(C(=O)OC)cc1OC. The van der Waals surface area contributed by atoms with Crippen molar-refractivity contribution in [1.29, 1.82) is 0 Å². The van der Waals surface area contributed by atoms with Gasteiger partial charge >= 0.3 is 5.97 Å². The van der Waals surface area contributed by atoms with Crippen LogP contribution in [0.4, 0.5) is 0 Å². The van der Waals surface area contributed by atoms with Crippen LogP contribution in [0.3, 0.4) is 0 Å². The molecule has 1 aromatic rings. The molecule has 17 heavy (non-hydrogen) atoms. The van der Waals surface area contributed by atoms with Crippen molar-refractivity contribution in [2.24, 2.45) is 0 Å². The lowest BCUT2D eigenvalue weighted by Gasteiger charge is -2.10. The van der Waals surface area contributed by atoms with Gasteiger partial charge in [-0.25, -0.2) is 4.79 Å². The van der Waals surface area contributed by atoms with Gasteiger partial charge < -0.3 is 14.2 Å². The second-order valence-electron chi connectivity index (χ2n) is 3.28. The first-order valence-electron chi connectivity index (χ1n) is 5.23. The molecule has 0 unspecified atom stereocenters. The van der Waals surface area contributed by atoms with Gasteiger partial charge in [-0.3, -0.25) is 0 Å². The van der Waals surface area contributed by atoms with Crippen molar-refractivity contribution in [2.45, 2.75) is 6.42 Å². The maximum absolute atomic E-state index is 11.3. The number of hydrogen-bond donors (Lipinski definition) is 0. The molecular formula is C13H16O4. The van der Waals surface area contributed by atoms with E-state index in [1.807, 2.05) is 0 Å². The van der Waals surface area contributed by atoms with E-state index < -0.39 is 5.97 Å². The molecule has 0 radical (unpaired) electrons. The molecule has 0 aromatic heterocycles. The molecule has 0 aliphatic rings. The third-order valence-electron chi connectivity index (χ3n) is 2.16. The minimum Gasteiger partial charge on any atom is -0.493 e. The van der Waals surface area contributed by atoms with Crippen molar-refractivity contribution >= 4 is 5.97 Å². The molecule has 1 aromatic carbocycles. The number of rotatable bonds is 6. The first-order valence-corrected chi connectivity index (χ1v) is 5.23. The summed E-state index contributed by atoms with van der Waals surface area (Å²) in [4.78, 5) is 11.3. The Hall–Kier alpha value is -1.97. The monoisotopic (exact) mass is 236 g/mol. The topological polar surface area (TPSA) is 44.8 Å². The number of carbonyl (C=O) groups is 1. The van der Waals surface area contributed by atoms with Gasteiger partial charge in [-0.1, -0.05) is 6.08 Å². The van der Waals surface area contributed by atoms with Crippen molar-refractivity contribution in [1.82, 2.24) is 0 Å². The van der Waals surface area contributed by atoms with E-state index in [0.717, 1.165) is 6.42 Å². The summed E-state index contributed by atoms with van der Waals surface area (Å²) in [5.74, 6) is 0.708. The molecule has 0 fully saturated rings. The van der Waals surface area contributed by atoms with Crippen LogP contribution in [-0.4, -0.2) is 26.8 Å². The van der Waals surface area contributed by atoms with Gasteiger partial charge in [0.1, 0.15) is 0 Å². The van der Waals surface area contributed by atoms with Crippen molar-refractivity contribution < 1.29 is 19.0 Å². The van der Waals surface area contributed by atoms with Crippen LogP contribution < -0.4 is 9.47 Å². The second-order valence-corrected chi connectivity index (χ2v) is 3.28. The fourth-order valence-electron chi connectivity index (χ4n) is 1.28. The summed E-state index contributed by atoms with van der Waals surface area (Å²) in [6.07, 6.45) is 2.53. The van der Waals surface area contributed by atoms with Crippen LogP contribution in [0.25, 0.3) is 0 Å². The highest BCUT2D eigenvalue weighted by atomic mass is 16.5. The fraction of sp³-hybridized carbons (Fsp3) is 0.308. The lowest BCUT2D eigenvalue weighted by atomic mass is 10.2. The number of ether oxygens (including phenoxy) is 3. The van der Waals surface area contributed by atoms with Gasteiger partial charge in [-0.2, -0.15) is 0 Å². The molecule has 0 bridgehead atoms. The molecule has 0 atom stereocenters. The van der Waals surface area contributed by atoms with Gasteiger partial charge in [0.15, 0.2) is 11.5 Å². The zero-order valence-electron chi connectivity index (χ0n) is 10.1. The Morgan fingerprint density at radius 3 is 2.71 bits per heavy atom. The third kappa shape index (κ3) is 3.52. The molecular weight excluding hydrogens is 220 g/mol. The Morgan fingerprint density at radius 2 is 2.12 bits per heavy atom. The summed E-state index contributed by atoms with van der Waals surface area (Å²) in [7, 11) is 2.86.